The summed E-state index contributed by atoms with van der Waals surface area (Å²) in [6, 6.07) is 9.65. The first-order valence-corrected chi connectivity index (χ1v) is 8.21. The molecule has 1 aromatic carbocycles. The zero-order valence-corrected chi connectivity index (χ0v) is 13.1. The van der Waals surface area contributed by atoms with Crippen molar-refractivity contribution < 1.29 is 0 Å². The number of hydrogen-bond donors (Lipinski definition) is 1. The summed E-state index contributed by atoms with van der Waals surface area (Å²) in [6.07, 6.45) is 6.90. The van der Waals surface area contributed by atoms with E-state index in [1.807, 2.05) is 0 Å². The molecule has 1 aromatic rings. The van der Waals surface area contributed by atoms with E-state index < -0.39 is 0 Å². The molecule has 0 bridgehead atoms. The molecule has 2 rings (SSSR count). The summed E-state index contributed by atoms with van der Waals surface area (Å²) in [4.78, 5) is 2.71. The Kier molecular flexibility index (Phi) is 6.06. The molecule has 0 spiro atoms. The second-order valence-corrected chi connectivity index (χ2v) is 6.61. The van der Waals surface area contributed by atoms with E-state index in [2.05, 4.69) is 43.0 Å². The van der Waals surface area contributed by atoms with Gasteiger partial charge < -0.3 is 5.73 Å². The predicted octanol–water partition coefficient (Wildman–Crippen LogP) is 3.94. The molecular formula is C18H30N2. The van der Waals surface area contributed by atoms with Crippen molar-refractivity contribution in [1.29, 1.82) is 0 Å². The van der Waals surface area contributed by atoms with Crippen LogP contribution in [0.5, 0.6) is 0 Å². The van der Waals surface area contributed by atoms with Gasteiger partial charge in [0.1, 0.15) is 0 Å². The van der Waals surface area contributed by atoms with Gasteiger partial charge in [0.25, 0.3) is 0 Å². The van der Waals surface area contributed by atoms with Gasteiger partial charge in [-0.1, -0.05) is 51.0 Å². The highest BCUT2D eigenvalue weighted by Gasteiger charge is 2.22. The summed E-state index contributed by atoms with van der Waals surface area (Å²) < 4.78 is 0. The van der Waals surface area contributed by atoms with Crippen LogP contribution < -0.4 is 5.73 Å². The number of hydrogen-bond acceptors (Lipinski definition) is 2. The maximum absolute atomic E-state index is 5.67. The van der Waals surface area contributed by atoms with Crippen LogP contribution in [0.25, 0.3) is 0 Å². The van der Waals surface area contributed by atoms with Crippen molar-refractivity contribution in [2.75, 3.05) is 6.54 Å². The summed E-state index contributed by atoms with van der Waals surface area (Å²) in [5.74, 6) is 0.790. The Morgan fingerprint density at radius 2 is 1.70 bits per heavy atom. The number of rotatable bonds is 7. The summed E-state index contributed by atoms with van der Waals surface area (Å²) in [5.41, 5.74) is 8.33. The molecular weight excluding hydrogens is 244 g/mol. The van der Waals surface area contributed by atoms with Crippen molar-refractivity contribution in [3.05, 3.63) is 35.4 Å². The van der Waals surface area contributed by atoms with E-state index in [4.69, 9.17) is 5.73 Å². The molecule has 0 saturated heterocycles. The lowest BCUT2D eigenvalue weighted by Gasteiger charge is -2.29. The van der Waals surface area contributed by atoms with Gasteiger partial charge in [-0.15, -0.1) is 0 Å². The minimum absolute atomic E-state index is 0.639. The predicted molar refractivity (Wildman–Crippen MR) is 86.5 cm³/mol. The van der Waals surface area contributed by atoms with Gasteiger partial charge in [-0.05, 0) is 42.9 Å². The van der Waals surface area contributed by atoms with Crippen LogP contribution in [0.2, 0.25) is 0 Å². The van der Waals surface area contributed by atoms with Crippen LogP contribution in [0.3, 0.4) is 0 Å². The zero-order valence-electron chi connectivity index (χ0n) is 13.1. The second-order valence-electron chi connectivity index (χ2n) is 6.61. The molecule has 2 N–H and O–H groups in total. The molecule has 1 saturated carbocycles. The molecule has 0 atom stereocenters. The molecule has 2 heteroatoms. The van der Waals surface area contributed by atoms with E-state index in [-0.39, 0.29) is 0 Å². The normalized spacial score (nSPS) is 16.4. The van der Waals surface area contributed by atoms with Crippen molar-refractivity contribution in [2.45, 2.75) is 65.1 Å². The van der Waals surface area contributed by atoms with E-state index in [1.165, 1.54) is 49.8 Å². The molecule has 1 aliphatic carbocycles. The number of nitrogens with two attached hydrogens (primary N) is 1. The third-order valence-electron chi connectivity index (χ3n) is 4.48. The first kappa shape index (κ1) is 15.5. The average Bonchev–Trinajstić information content (AvgIpc) is 2.98. The van der Waals surface area contributed by atoms with Gasteiger partial charge in [0, 0.05) is 19.1 Å². The van der Waals surface area contributed by atoms with Gasteiger partial charge in [-0.25, -0.2) is 0 Å². The third-order valence-corrected chi connectivity index (χ3v) is 4.48. The topological polar surface area (TPSA) is 29.3 Å². The zero-order chi connectivity index (χ0) is 14.4. The maximum Gasteiger partial charge on any atom is 0.0236 e. The summed E-state index contributed by atoms with van der Waals surface area (Å²) in [6.45, 7) is 7.62. The smallest absolute Gasteiger partial charge is 0.0236 e. The average molecular weight is 274 g/mol. The maximum atomic E-state index is 5.67. The van der Waals surface area contributed by atoms with Crippen molar-refractivity contribution in [3.8, 4) is 0 Å². The Morgan fingerprint density at radius 3 is 2.25 bits per heavy atom. The van der Waals surface area contributed by atoms with Crippen molar-refractivity contribution in [2.24, 2.45) is 11.7 Å². The van der Waals surface area contributed by atoms with Crippen LogP contribution in [0, 0.1) is 5.92 Å². The second kappa shape index (κ2) is 7.80. The standard InChI is InChI=1S/C18H30N2/c1-15(2)11-12-20(18-5-3-4-6-18)14-17-9-7-16(13-19)8-10-17/h7-10,15,18H,3-6,11-14,19H2,1-2H3. The van der Waals surface area contributed by atoms with E-state index in [0.717, 1.165) is 18.5 Å². The van der Waals surface area contributed by atoms with E-state index in [1.54, 1.807) is 0 Å². The van der Waals surface area contributed by atoms with Crippen molar-refractivity contribution in [3.63, 3.8) is 0 Å². The van der Waals surface area contributed by atoms with E-state index in [0.29, 0.717) is 6.54 Å². The summed E-state index contributed by atoms with van der Waals surface area (Å²) in [5, 5.41) is 0. The molecule has 0 radical (unpaired) electrons. The van der Waals surface area contributed by atoms with Crippen LogP contribution in [0.4, 0.5) is 0 Å². The minimum atomic E-state index is 0.639. The van der Waals surface area contributed by atoms with Crippen LogP contribution >= 0.6 is 0 Å². The number of benzene rings is 1. The monoisotopic (exact) mass is 274 g/mol. The third kappa shape index (κ3) is 4.60. The van der Waals surface area contributed by atoms with Gasteiger partial charge in [0.15, 0.2) is 0 Å². The van der Waals surface area contributed by atoms with Crippen LogP contribution in [0.15, 0.2) is 24.3 Å². The van der Waals surface area contributed by atoms with Gasteiger partial charge in [0.2, 0.25) is 0 Å². The fourth-order valence-corrected chi connectivity index (χ4v) is 3.10. The van der Waals surface area contributed by atoms with Crippen LogP contribution in [-0.2, 0) is 13.1 Å². The summed E-state index contributed by atoms with van der Waals surface area (Å²) in [7, 11) is 0. The van der Waals surface area contributed by atoms with Crippen molar-refractivity contribution in [1.82, 2.24) is 4.90 Å². The first-order chi connectivity index (χ1) is 9.69. The highest BCUT2D eigenvalue weighted by atomic mass is 15.2. The Morgan fingerprint density at radius 1 is 1.10 bits per heavy atom. The first-order valence-electron chi connectivity index (χ1n) is 8.21. The number of nitrogens with zero attached hydrogens (tertiary/aromatic N) is 1. The highest BCUT2D eigenvalue weighted by molar-refractivity contribution is 5.22. The Labute approximate surface area is 124 Å². The molecule has 0 amide bonds. The lowest BCUT2D eigenvalue weighted by molar-refractivity contribution is 0.179. The minimum Gasteiger partial charge on any atom is -0.326 e. The van der Waals surface area contributed by atoms with E-state index >= 15 is 0 Å². The molecule has 112 valence electrons. The molecule has 0 unspecified atom stereocenters. The highest BCUT2D eigenvalue weighted by Crippen LogP contribution is 2.25. The van der Waals surface area contributed by atoms with Gasteiger partial charge in [-0.2, -0.15) is 0 Å². The van der Waals surface area contributed by atoms with Gasteiger partial charge >= 0.3 is 0 Å². The largest absolute Gasteiger partial charge is 0.326 e. The Hall–Kier alpha value is -0.860. The Bertz CT molecular complexity index is 377. The molecule has 2 nitrogen and oxygen atoms in total. The lowest BCUT2D eigenvalue weighted by atomic mass is 10.1. The van der Waals surface area contributed by atoms with Crippen molar-refractivity contribution >= 4 is 0 Å². The molecule has 0 heterocycles. The van der Waals surface area contributed by atoms with Gasteiger partial charge in [-0.3, -0.25) is 4.90 Å². The SMILES string of the molecule is CC(C)CCN(Cc1ccc(CN)cc1)C1CCCC1. The Balaban J connectivity index is 1.97. The molecule has 0 aromatic heterocycles. The van der Waals surface area contributed by atoms with Crippen LogP contribution in [-0.4, -0.2) is 17.5 Å². The molecule has 0 aliphatic heterocycles. The van der Waals surface area contributed by atoms with Crippen LogP contribution in [0.1, 0.15) is 57.1 Å². The fraction of sp³-hybridized carbons (Fsp3) is 0.667. The quantitative estimate of drug-likeness (QED) is 0.816. The fourth-order valence-electron chi connectivity index (χ4n) is 3.10. The molecule has 1 aliphatic rings. The van der Waals surface area contributed by atoms with E-state index in [9.17, 15) is 0 Å². The summed E-state index contributed by atoms with van der Waals surface area (Å²) >= 11 is 0. The lowest BCUT2D eigenvalue weighted by Crippen LogP contribution is -2.34. The molecule has 20 heavy (non-hydrogen) atoms. The molecule has 1 fully saturated rings. The van der Waals surface area contributed by atoms with Gasteiger partial charge in [0.05, 0.1) is 0 Å².